The summed E-state index contributed by atoms with van der Waals surface area (Å²) < 4.78 is 7.75. The quantitative estimate of drug-likeness (QED) is 0.883. The summed E-state index contributed by atoms with van der Waals surface area (Å²) in [4.78, 5) is 0. The average molecular weight is 247 g/mol. The molecule has 0 spiro atoms. The SMILES string of the molecule is Cc1cnn(Cc2cc(C)c(CNC(C)C)o2)c1. The van der Waals surface area contributed by atoms with Crippen molar-refractivity contribution in [3.63, 3.8) is 0 Å². The van der Waals surface area contributed by atoms with E-state index < -0.39 is 0 Å². The molecular weight excluding hydrogens is 226 g/mol. The van der Waals surface area contributed by atoms with Gasteiger partial charge in [0.25, 0.3) is 0 Å². The third-order valence-corrected chi connectivity index (χ3v) is 2.82. The van der Waals surface area contributed by atoms with E-state index in [1.54, 1.807) is 0 Å². The Hall–Kier alpha value is -1.55. The fourth-order valence-electron chi connectivity index (χ4n) is 1.85. The lowest BCUT2D eigenvalue weighted by Crippen LogP contribution is -2.21. The highest BCUT2D eigenvalue weighted by atomic mass is 16.3. The van der Waals surface area contributed by atoms with Crippen molar-refractivity contribution in [2.24, 2.45) is 0 Å². The third kappa shape index (κ3) is 3.23. The number of rotatable bonds is 5. The molecule has 0 aromatic carbocycles. The van der Waals surface area contributed by atoms with Crippen molar-refractivity contribution in [2.45, 2.75) is 46.8 Å². The summed E-state index contributed by atoms with van der Waals surface area (Å²) >= 11 is 0. The summed E-state index contributed by atoms with van der Waals surface area (Å²) in [5.74, 6) is 1.97. The van der Waals surface area contributed by atoms with Crippen molar-refractivity contribution in [2.75, 3.05) is 0 Å². The zero-order valence-corrected chi connectivity index (χ0v) is 11.5. The van der Waals surface area contributed by atoms with Crippen molar-refractivity contribution in [1.82, 2.24) is 15.1 Å². The van der Waals surface area contributed by atoms with Crippen LogP contribution in [0.5, 0.6) is 0 Å². The first kappa shape index (κ1) is 12.9. The number of furan rings is 1. The summed E-state index contributed by atoms with van der Waals surface area (Å²) in [6.07, 6.45) is 3.88. The first-order valence-electron chi connectivity index (χ1n) is 6.35. The van der Waals surface area contributed by atoms with Crippen molar-refractivity contribution < 1.29 is 4.42 Å². The van der Waals surface area contributed by atoms with Crippen molar-refractivity contribution in [1.29, 1.82) is 0 Å². The highest BCUT2D eigenvalue weighted by molar-refractivity contribution is 5.20. The van der Waals surface area contributed by atoms with Crippen LogP contribution in [-0.4, -0.2) is 15.8 Å². The Morgan fingerprint density at radius 2 is 2.17 bits per heavy atom. The molecule has 0 saturated carbocycles. The van der Waals surface area contributed by atoms with Crippen LogP contribution >= 0.6 is 0 Å². The lowest BCUT2D eigenvalue weighted by Gasteiger charge is -2.06. The Balaban J connectivity index is 2.04. The van der Waals surface area contributed by atoms with Gasteiger partial charge in [0.1, 0.15) is 11.5 Å². The Labute approximate surface area is 108 Å². The Kier molecular flexibility index (Phi) is 3.87. The molecular formula is C14H21N3O. The largest absolute Gasteiger partial charge is 0.462 e. The Bertz CT molecular complexity index is 511. The minimum atomic E-state index is 0.465. The molecule has 0 fully saturated rings. The van der Waals surface area contributed by atoms with Crippen LogP contribution < -0.4 is 5.32 Å². The van der Waals surface area contributed by atoms with Crippen LogP contribution in [0.3, 0.4) is 0 Å². The minimum absolute atomic E-state index is 0.465. The fraction of sp³-hybridized carbons (Fsp3) is 0.500. The molecule has 0 aliphatic carbocycles. The molecule has 2 aromatic rings. The maximum atomic E-state index is 5.85. The smallest absolute Gasteiger partial charge is 0.126 e. The van der Waals surface area contributed by atoms with Gasteiger partial charge in [0.15, 0.2) is 0 Å². The molecule has 0 aliphatic rings. The summed E-state index contributed by atoms with van der Waals surface area (Å²) in [6, 6.07) is 2.56. The first-order valence-corrected chi connectivity index (χ1v) is 6.35. The second kappa shape index (κ2) is 5.40. The summed E-state index contributed by atoms with van der Waals surface area (Å²) in [6.45, 7) is 9.85. The van der Waals surface area contributed by atoms with Crippen LogP contribution in [0.4, 0.5) is 0 Å². The molecule has 0 bridgehead atoms. The van der Waals surface area contributed by atoms with E-state index in [0.29, 0.717) is 12.6 Å². The maximum absolute atomic E-state index is 5.85. The molecule has 0 unspecified atom stereocenters. The molecule has 0 saturated heterocycles. The normalized spacial score (nSPS) is 11.4. The zero-order chi connectivity index (χ0) is 13.1. The average Bonchev–Trinajstić information content (AvgIpc) is 2.83. The van der Waals surface area contributed by atoms with Gasteiger partial charge in [-0.2, -0.15) is 5.10 Å². The van der Waals surface area contributed by atoms with E-state index in [1.165, 1.54) is 11.1 Å². The molecule has 4 nitrogen and oxygen atoms in total. The molecule has 4 heteroatoms. The van der Waals surface area contributed by atoms with Gasteiger partial charge in [0.05, 0.1) is 19.3 Å². The maximum Gasteiger partial charge on any atom is 0.126 e. The van der Waals surface area contributed by atoms with E-state index in [0.717, 1.165) is 18.1 Å². The molecule has 1 N–H and O–H groups in total. The van der Waals surface area contributed by atoms with Crippen molar-refractivity contribution in [3.8, 4) is 0 Å². The van der Waals surface area contributed by atoms with Crippen LogP contribution in [0.15, 0.2) is 22.9 Å². The molecule has 0 atom stereocenters. The number of nitrogens with one attached hydrogen (secondary N) is 1. The van der Waals surface area contributed by atoms with Gasteiger partial charge >= 0.3 is 0 Å². The van der Waals surface area contributed by atoms with E-state index in [4.69, 9.17) is 4.42 Å². The predicted molar refractivity (Wildman–Crippen MR) is 71.5 cm³/mol. The first-order chi connectivity index (χ1) is 8.54. The van der Waals surface area contributed by atoms with Crippen molar-refractivity contribution >= 4 is 0 Å². The third-order valence-electron chi connectivity index (χ3n) is 2.82. The van der Waals surface area contributed by atoms with Crippen LogP contribution in [0.25, 0.3) is 0 Å². The second-order valence-electron chi connectivity index (χ2n) is 5.07. The predicted octanol–water partition coefficient (Wildman–Crippen LogP) is 2.64. The van der Waals surface area contributed by atoms with Crippen LogP contribution in [0.2, 0.25) is 0 Å². The van der Waals surface area contributed by atoms with Gasteiger partial charge in [0.2, 0.25) is 0 Å². The van der Waals surface area contributed by atoms with Crippen LogP contribution in [0, 0.1) is 13.8 Å². The van der Waals surface area contributed by atoms with Gasteiger partial charge in [-0.05, 0) is 31.0 Å². The van der Waals surface area contributed by atoms with E-state index in [9.17, 15) is 0 Å². The molecule has 0 aliphatic heterocycles. The van der Waals surface area contributed by atoms with E-state index in [1.807, 2.05) is 24.0 Å². The lowest BCUT2D eigenvalue weighted by molar-refractivity contribution is 0.420. The molecule has 2 rings (SSSR count). The van der Waals surface area contributed by atoms with E-state index in [2.05, 4.69) is 37.3 Å². The Morgan fingerprint density at radius 1 is 1.39 bits per heavy atom. The molecule has 2 aromatic heterocycles. The highest BCUT2D eigenvalue weighted by Gasteiger charge is 2.08. The molecule has 2 heterocycles. The van der Waals surface area contributed by atoms with Crippen LogP contribution in [0.1, 0.15) is 36.5 Å². The zero-order valence-electron chi connectivity index (χ0n) is 11.5. The van der Waals surface area contributed by atoms with E-state index >= 15 is 0 Å². The number of aryl methyl sites for hydroxylation is 2. The minimum Gasteiger partial charge on any atom is -0.462 e. The molecule has 0 radical (unpaired) electrons. The highest BCUT2D eigenvalue weighted by Crippen LogP contribution is 2.15. The lowest BCUT2D eigenvalue weighted by atomic mass is 10.2. The monoisotopic (exact) mass is 247 g/mol. The van der Waals surface area contributed by atoms with Gasteiger partial charge in [-0.3, -0.25) is 4.68 Å². The number of aromatic nitrogens is 2. The molecule has 98 valence electrons. The van der Waals surface area contributed by atoms with Gasteiger partial charge in [-0.25, -0.2) is 0 Å². The molecule has 0 amide bonds. The second-order valence-corrected chi connectivity index (χ2v) is 5.07. The van der Waals surface area contributed by atoms with Gasteiger partial charge in [-0.15, -0.1) is 0 Å². The summed E-state index contributed by atoms with van der Waals surface area (Å²) in [5, 5.41) is 7.63. The van der Waals surface area contributed by atoms with Gasteiger partial charge in [0, 0.05) is 12.2 Å². The molecule has 18 heavy (non-hydrogen) atoms. The number of hydrogen-bond donors (Lipinski definition) is 1. The topological polar surface area (TPSA) is 43.0 Å². The van der Waals surface area contributed by atoms with Crippen molar-refractivity contribution in [3.05, 3.63) is 41.1 Å². The fourth-order valence-corrected chi connectivity index (χ4v) is 1.85. The summed E-state index contributed by atoms with van der Waals surface area (Å²) in [5.41, 5.74) is 2.36. The number of hydrogen-bond acceptors (Lipinski definition) is 3. The van der Waals surface area contributed by atoms with Gasteiger partial charge < -0.3 is 9.73 Å². The number of nitrogens with zero attached hydrogens (tertiary/aromatic N) is 2. The van der Waals surface area contributed by atoms with Crippen LogP contribution in [-0.2, 0) is 13.1 Å². The Morgan fingerprint density at radius 3 is 2.78 bits per heavy atom. The van der Waals surface area contributed by atoms with E-state index in [-0.39, 0.29) is 0 Å². The summed E-state index contributed by atoms with van der Waals surface area (Å²) in [7, 11) is 0. The standard InChI is InChI=1S/C14H21N3O/c1-10(2)15-7-14-12(4)5-13(18-14)9-17-8-11(3)6-16-17/h5-6,8,10,15H,7,9H2,1-4H3. The van der Waals surface area contributed by atoms with Gasteiger partial charge in [-0.1, -0.05) is 13.8 Å².